The predicted molar refractivity (Wildman–Crippen MR) is 103 cm³/mol. The third-order valence-electron chi connectivity index (χ3n) is 5.08. The summed E-state index contributed by atoms with van der Waals surface area (Å²) in [4.78, 5) is 37.0. The second-order valence-corrected chi connectivity index (χ2v) is 7.13. The van der Waals surface area contributed by atoms with E-state index in [1.807, 2.05) is 0 Å². The van der Waals surface area contributed by atoms with Gasteiger partial charge in [0.15, 0.2) is 5.69 Å². The number of nitrogens with zero attached hydrogens (tertiary/aromatic N) is 3. The number of carbonyl (C=O) groups is 3. The minimum absolute atomic E-state index is 0.00145. The fourth-order valence-corrected chi connectivity index (χ4v) is 3.50. The first-order valence-corrected chi connectivity index (χ1v) is 9.11. The van der Waals surface area contributed by atoms with E-state index in [2.05, 4.69) is 22.3 Å². The third-order valence-corrected chi connectivity index (χ3v) is 5.08. The molecule has 0 saturated carbocycles. The van der Waals surface area contributed by atoms with Crippen molar-refractivity contribution in [2.45, 2.75) is 24.9 Å². The maximum absolute atomic E-state index is 12.1. The van der Waals surface area contributed by atoms with E-state index in [-0.39, 0.29) is 24.4 Å². The first kappa shape index (κ1) is 18.7. The quantitative estimate of drug-likeness (QED) is 0.609. The molecule has 1 aromatic carbocycles. The first-order valence-electron chi connectivity index (χ1n) is 9.11. The zero-order valence-corrected chi connectivity index (χ0v) is 15.7. The van der Waals surface area contributed by atoms with E-state index in [0.29, 0.717) is 35.6 Å². The summed E-state index contributed by atoms with van der Waals surface area (Å²) in [5.74, 6) is 4.19. The van der Waals surface area contributed by atoms with E-state index in [1.165, 1.54) is 4.90 Å². The van der Waals surface area contributed by atoms with Crippen molar-refractivity contribution in [3.8, 4) is 17.5 Å². The Labute approximate surface area is 166 Å². The molecule has 0 bridgehead atoms. The van der Waals surface area contributed by atoms with Crippen LogP contribution in [-0.4, -0.2) is 56.7 Å². The molecule has 3 heterocycles. The maximum atomic E-state index is 12.1. The number of nitrogens with two attached hydrogens (primary N) is 1. The molecule has 0 aliphatic carbocycles. The zero-order chi connectivity index (χ0) is 20.8. The van der Waals surface area contributed by atoms with Crippen LogP contribution in [0.5, 0.6) is 0 Å². The van der Waals surface area contributed by atoms with Crippen molar-refractivity contribution < 1.29 is 19.5 Å². The highest BCUT2D eigenvalue weighted by Gasteiger charge is 2.42. The number of fused-ring (bicyclic) bond motifs is 1. The SMILES string of the molecule is CN1CC[C@@](O)(C#Cc2cccc(-n3nc(C(N)=O)c4c3CCC(=O)N4)c2)C1=O. The Morgan fingerprint density at radius 3 is 2.83 bits per heavy atom. The van der Waals surface area contributed by atoms with Crippen molar-refractivity contribution in [3.63, 3.8) is 0 Å². The third kappa shape index (κ3) is 3.23. The number of rotatable bonds is 2. The van der Waals surface area contributed by atoms with Crippen molar-refractivity contribution in [3.05, 3.63) is 41.2 Å². The molecule has 4 rings (SSSR count). The number of amides is 3. The number of aromatic nitrogens is 2. The van der Waals surface area contributed by atoms with Crippen LogP contribution in [0.3, 0.4) is 0 Å². The molecule has 29 heavy (non-hydrogen) atoms. The Hall–Kier alpha value is -3.64. The molecule has 3 amide bonds. The highest BCUT2D eigenvalue weighted by molar-refractivity contribution is 6.03. The smallest absolute Gasteiger partial charge is 0.271 e. The fraction of sp³-hybridized carbons (Fsp3) is 0.300. The number of likely N-dealkylation sites (N-methyl/N-ethyl adjacent to an activating group) is 1. The Morgan fingerprint density at radius 2 is 2.14 bits per heavy atom. The molecule has 1 atom stereocenters. The van der Waals surface area contributed by atoms with Gasteiger partial charge >= 0.3 is 0 Å². The molecule has 0 spiro atoms. The van der Waals surface area contributed by atoms with E-state index >= 15 is 0 Å². The van der Waals surface area contributed by atoms with Crippen molar-refractivity contribution in [1.82, 2.24) is 14.7 Å². The van der Waals surface area contributed by atoms with Crippen LogP contribution in [0.2, 0.25) is 0 Å². The highest BCUT2D eigenvalue weighted by atomic mass is 16.3. The van der Waals surface area contributed by atoms with Gasteiger partial charge in [0.2, 0.25) is 11.5 Å². The number of anilines is 1. The fourth-order valence-electron chi connectivity index (χ4n) is 3.50. The minimum atomic E-state index is -1.68. The van der Waals surface area contributed by atoms with Crippen LogP contribution in [0.4, 0.5) is 5.69 Å². The number of carbonyl (C=O) groups excluding carboxylic acids is 3. The lowest BCUT2D eigenvalue weighted by Crippen LogP contribution is -2.37. The van der Waals surface area contributed by atoms with Gasteiger partial charge < -0.3 is 21.1 Å². The number of primary amides is 1. The number of benzene rings is 1. The average Bonchev–Trinajstić information content (AvgIpc) is 3.20. The number of likely N-dealkylation sites (tertiary alicyclic amines) is 1. The molecule has 9 nitrogen and oxygen atoms in total. The predicted octanol–water partition coefficient (Wildman–Crippen LogP) is -0.199. The minimum Gasteiger partial charge on any atom is -0.369 e. The largest absolute Gasteiger partial charge is 0.369 e. The lowest BCUT2D eigenvalue weighted by molar-refractivity contribution is -0.137. The summed E-state index contributed by atoms with van der Waals surface area (Å²) >= 11 is 0. The van der Waals surface area contributed by atoms with Crippen molar-refractivity contribution in [2.75, 3.05) is 18.9 Å². The molecule has 9 heteroatoms. The molecule has 2 aliphatic heterocycles. The van der Waals surface area contributed by atoms with Gasteiger partial charge in [-0.25, -0.2) is 4.68 Å². The summed E-state index contributed by atoms with van der Waals surface area (Å²) in [5.41, 5.74) is 5.93. The molecule has 0 radical (unpaired) electrons. The summed E-state index contributed by atoms with van der Waals surface area (Å²) < 4.78 is 1.56. The normalized spacial score (nSPS) is 20.7. The summed E-state index contributed by atoms with van der Waals surface area (Å²) in [6.45, 7) is 0.449. The summed E-state index contributed by atoms with van der Waals surface area (Å²) in [7, 11) is 1.62. The molecule has 2 aromatic rings. The Kier molecular flexibility index (Phi) is 4.36. The van der Waals surface area contributed by atoms with Crippen molar-refractivity contribution in [1.29, 1.82) is 0 Å². The Balaban J connectivity index is 1.72. The summed E-state index contributed by atoms with van der Waals surface area (Å²) in [5, 5.41) is 17.4. The van der Waals surface area contributed by atoms with Crippen LogP contribution in [-0.2, 0) is 16.0 Å². The number of hydrogen-bond donors (Lipinski definition) is 3. The number of nitrogens with one attached hydrogen (secondary N) is 1. The van der Waals surface area contributed by atoms with E-state index in [1.54, 1.807) is 36.0 Å². The van der Waals surface area contributed by atoms with Gasteiger partial charge in [0.05, 0.1) is 17.1 Å². The monoisotopic (exact) mass is 393 g/mol. The number of hydrogen-bond acceptors (Lipinski definition) is 5. The van der Waals surface area contributed by atoms with Gasteiger partial charge in [-0.3, -0.25) is 14.4 Å². The van der Waals surface area contributed by atoms with Crippen LogP contribution < -0.4 is 11.1 Å². The summed E-state index contributed by atoms with van der Waals surface area (Å²) in [6.07, 6.45) is 0.945. The maximum Gasteiger partial charge on any atom is 0.271 e. The van der Waals surface area contributed by atoms with Gasteiger partial charge in [0, 0.05) is 38.4 Å². The Bertz CT molecular complexity index is 1110. The molecule has 148 valence electrons. The van der Waals surface area contributed by atoms with Gasteiger partial charge in [-0.05, 0) is 18.2 Å². The highest BCUT2D eigenvalue weighted by Crippen LogP contribution is 2.29. The van der Waals surface area contributed by atoms with Crippen molar-refractivity contribution in [2.24, 2.45) is 5.73 Å². The van der Waals surface area contributed by atoms with Crippen LogP contribution >= 0.6 is 0 Å². The van der Waals surface area contributed by atoms with Gasteiger partial charge in [-0.2, -0.15) is 5.10 Å². The standard InChI is InChI=1S/C20H19N5O4/c1-24-10-9-20(29,19(24)28)8-7-12-3-2-4-13(11-12)25-14-5-6-15(26)22-16(14)17(23-25)18(21)27/h2-4,11,29H,5-6,9-10H2,1H3,(H2,21,27)(H,22,26)/t20-/m0/s1. The zero-order valence-electron chi connectivity index (χ0n) is 15.7. The molecule has 0 unspecified atom stereocenters. The number of aliphatic hydroxyl groups is 1. The van der Waals surface area contributed by atoms with E-state index in [4.69, 9.17) is 5.73 Å². The molecule has 2 aliphatic rings. The molecular formula is C20H19N5O4. The topological polar surface area (TPSA) is 131 Å². The average molecular weight is 393 g/mol. The van der Waals surface area contributed by atoms with Crippen LogP contribution in [0.25, 0.3) is 5.69 Å². The Morgan fingerprint density at radius 1 is 1.34 bits per heavy atom. The lowest BCUT2D eigenvalue weighted by atomic mass is 10.0. The van der Waals surface area contributed by atoms with Gasteiger partial charge in [-0.1, -0.05) is 17.9 Å². The van der Waals surface area contributed by atoms with Crippen molar-refractivity contribution >= 4 is 23.4 Å². The van der Waals surface area contributed by atoms with Gasteiger partial charge in [0.25, 0.3) is 11.8 Å². The second-order valence-electron chi connectivity index (χ2n) is 7.13. The van der Waals surface area contributed by atoms with Gasteiger partial charge in [-0.15, -0.1) is 0 Å². The molecule has 1 saturated heterocycles. The first-order chi connectivity index (χ1) is 13.8. The molecule has 4 N–H and O–H groups in total. The van der Waals surface area contributed by atoms with Gasteiger partial charge in [0.1, 0.15) is 0 Å². The van der Waals surface area contributed by atoms with E-state index < -0.39 is 17.4 Å². The van der Waals surface area contributed by atoms with Crippen LogP contribution in [0.15, 0.2) is 24.3 Å². The molecular weight excluding hydrogens is 374 g/mol. The second kappa shape index (κ2) is 6.76. The van der Waals surface area contributed by atoms with E-state index in [9.17, 15) is 19.5 Å². The molecule has 1 aromatic heterocycles. The van der Waals surface area contributed by atoms with Crippen LogP contribution in [0, 0.1) is 11.8 Å². The lowest BCUT2D eigenvalue weighted by Gasteiger charge is -2.15. The van der Waals surface area contributed by atoms with E-state index in [0.717, 1.165) is 0 Å². The van der Waals surface area contributed by atoms with Crippen LogP contribution in [0.1, 0.15) is 34.6 Å². The molecule has 1 fully saturated rings. The summed E-state index contributed by atoms with van der Waals surface area (Å²) in [6, 6.07) is 7.01.